The van der Waals surface area contributed by atoms with E-state index >= 15 is 0 Å². The van der Waals surface area contributed by atoms with Crippen LogP contribution in [0.25, 0.3) is 11.1 Å². The van der Waals surface area contributed by atoms with Crippen molar-refractivity contribution >= 4 is 22.7 Å². The number of rotatable bonds is 4. The molecular weight excluding hydrogens is 348 g/mol. The summed E-state index contributed by atoms with van der Waals surface area (Å²) in [6, 6.07) is 27.0. The summed E-state index contributed by atoms with van der Waals surface area (Å²) in [7, 11) is 1.42. The van der Waals surface area contributed by atoms with Crippen molar-refractivity contribution < 1.29 is 14.3 Å². The van der Waals surface area contributed by atoms with Crippen molar-refractivity contribution in [3.05, 3.63) is 119 Å². The fourth-order valence-electron chi connectivity index (χ4n) is 3.45. The van der Waals surface area contributed by atoms with Crippen LogP contribution in [0, 0.1) is 0 Å². The third-order valence-corrected chi connectivity index (χ3v) is 4.78. The third-order valence-electron chi connectivity index (χ3n) is 4.78. The van der Waals surface area contributed by atoms with Crippen LogP contribution in [-0.2, 0) is 9.53 Å². The SMILES string of the molecule is COC1=C(C=C(c2ccccc2)c2ccccc2)c2ccccc2C(=O)C1=O. The van der Waals surface area contributed by atoms with Crippen molar-refractivity contribution in [2.24, 2.45) is 0 Å². The van der Waals surface area contributed by atoms with Crippen LogP contribution in [0.1, 0.15) is 27.0 Å². The molecule has 136 valence electrons. The van der Waals surface area contributed by atoms with Crippen LogP contribution in [0.2, 0.25) is 0 Å². The van der Waals surface area contributed by atoms with E-state index in [0.717, 1.165) is 16.7 Å². The molecule has 0 radical (unpaired) electrons. The largest absolute Gasteiger partial charge is 0.492 e. The summed E-state index contributed by atoms with van der Waals surface area (Å²) in [6.07, 6.45) is 1.94. The Balaban J connectivity index is 2.00. The number of allylic oxidation sites excluding steroid dienone is 3. The minimum Gasteiger partial charge on any atom is -0.492 e. The normalized spacial score (nSPS) is 13.2. The van der Waals surface area contributed by atoms with Crippen LogP contribution >= 0.6 is 0 Å². The van der Waals surface area contributed by atoms with Crippen LogP contribution in [0.3, 0.4) is 0 Å². The first-order valence-corrected chi connectivity index (χ1v) is 9.00. The minimum atomic E-state index is -0.618. The molecule has 0 N–H and O–H groups in total. The predicted octanol–water partition coefficient (Wildman–Crippen LogP) is 4.94. The Kier molecular flexibility index (Phi) is 4.73. The molecule has 0 heterocycles. The molecule has 4 rings (SSSR count). The van der Waals surface area contributed by atoms with Crippen molar-refractivity contribution in [3.63, 3.8) is 0 Å². The monoisotopic (exact) mass is 366 g/mol. The molecule has 0 unspecified atom stereocenters. The number of fused-ring (bicyclic) bond motifs is 1. The Morgan fingerprint density at radius 2 is 1.18 bits per heavy atom. The zero-order chi connectivity index (χ0) is 19.5. The summed E-state index contributed by atoms with van der Waals surface area (Å²) < 4.78 is 5.38. The molecule has 0 spiro atoms. The summed E-state index contributed by atoms with van der Waals surface area (Å²) in [5, 5.41) is 0. The molecule has 0 amide bonds. The quantitative estimate of drug-likeness (QED) is 0.614. The summed E-state index contributed by atoms with van der Waals surface area (Å²) in [5.41, 5.74) is 4.69. The number of carbonyl (C=O) groups is 2. The smallest absolute Gasteiger partial charge is 0.268 e. The molecule has 28 heavy (non-hydrogen) atoms. The molecule has 1 aliphatic carbocycles. The highest BCUT2D eigenvalue weighted by atomic mass is 16.5. The molecular formula is C25H18O3. The van der Waals surface area contributed by atoms with Gasteiger partial charge < -0.3 is 4.74 Å². The third kappa shape index (κ3) is 3.08. The number of hydrogen-bond donors (Lipinski definition) is 0. The zero-order valence-electron chi connectivity index (χ0n) is 15.4. The van der Waals surface area contributed by atoms with Crippen molar-refractivity contribution in [3.8, 4) is 0 Å². The van der Waals surface area contributed by atoms with E-state index in [2.05, 4.69) is 0 Å². The van der Waals surface area contributed by atoms with E-state index in [4.69, 9.17) is 4.74 Å². The molecule has 0 fully saturated rings. The molecule has 0 aliphatic heterocycles. The van der Waals surface area contributed by atoms with Crippen LogP contribution < -0.4 is 0 Å². The van der Waals surface area contributed by atoms with Gasteiger partial charge in [0.1, 0.15) is 0 Å². The van der Waals surface area contributed by atoms with E-state index in [1.165, 1.54) is 7.11 Å². The standard InChI is InChI=1S/C25H18O3/c1-28-25-22(19-14-8-9-15-20(19)23(26)24(25)27)16-21(17-10-4-2-5-11-17)18-12-6-3-7-13-18/h2-16H,1H3. The van der Waals surface area contributed by atoms with Gasteiger partial charge in [0.25, 0.3) is 5.78 Å². The van der Waals surface area contributed by atoms with E-state index in [1.54, 1.807) is 12.1 Å². The second kappa shape index (κ2) is 7.49. The molecule has 0 bridgehead atoms. The van der Waals surface area contributed by atoms with Crippen molar-refractivity contribution in [2.45, 2.75) is 0 Å². The second-order valence-electron chi connectivity index (χ2n) is 6.44. The molecule has 0 saturated heterocycles. The first-order valence-electron chi connectivity index (χ1n) is 9.00. The van der Waals surface area contributed by atoms with Gasteiger partial charge in [-0.1, -0.05) is 84.9 Å². The van der Waals surface area contributed by atoms with Crippen LogP contribution in [0.4, 0.5) is 0 Å². The predicted molar refractivity (Wildman–Crippen MR) is 110 cm³/mol. The highest BCUT2D eigenvalue weighted by Gasteiger charge is 2.33. The number of hydrogen-bond acceptors (Lipinski definition) is 3. The van der Waals surface area contributed by atoms with Gasteiger partial charge in [-0.25, -0.2) is 0 Å². The van der Waals surface area contributed by atoms with Gasteiger partial charge in [0, 0.05) is 11.1 Å². The van der Waals surface area contributed by atoms with Crippen molar-refractivity contribution in [2.75, 3.05) is 7.11 Å². The first kappa shape index (κ1) is 17.7. The average Bonchev–Trinajstić information content (AvgIpc) is 2.76. The maximum absolute atomic E-state index is 12.6. The Labute approximate surface area is 163 Å². The van der Waals surface area contributed by atoms with Gasteiger partial charge in [0.05, 0.1) is 7.11 Å². The summed E-state index contributed by atoms with van der Waals surface area (Å²) in [4.78, 5) is 25.1. The highest BCUT2D eigenvalue weighted by Crippen LogP contribution is 2.35. The topological polar surface area (TPSA) is 43.4 Å². The van der Waals surface area contributed by atoms with Gasteiger partial charge in [0.15, 0.2) is 5.76 Å². The fraction of sp³-hybridized carbons (Fsp3) is 0.0400. The van der Waals surface area contributed by atoms with Crippen LogP contribution in [-0.4, -0.2) is 18.7 Å². The lowest BCUT2D eigenvalue weighted by molar-refractivity contribution is -0.114. The molecule has 0 saturated carbocycles. The molecule has 1 aliphatic rings. The van der Waals surface area contributed by atoms with E-state index in [1.807, 2.05) is 78.9 Å². The van der Waals surface area contributed by atoms with Crippen LogP contribution in [0.15, 0.2) is 96.8 Å². The Bertz CT molecular complexity index is 1070. The van der Waals surface area contributed by atoms with Gasteiger partial charge in [0.2, 0.25) is 5.78 Å². The number of ether oxygens (including phenoxy) is 1. The summed E-state index contributed by atoms with van der Waals surface area (Å²) in [5.74, 6) is -1.08. The molecule has 0 atom stereocenters. The molecule has 0 aromatic heterocycles. The minimum absolute atomic E-state index is 0.0769. The number of methoxy groups -OCH3 is 1. The molecule has 3 aromatic carbocycles. The number of ketones is 2. The van der Waals surface area contributed by atoms with E-state index < -0.39 is 11.6 Å². The van der Waals surface area contributed by atoms with E-state index in [0.29, 0.717) is 16.7 Å². The molecule has 3 heteroatoms. The Hall–Kier alpha value is -3.72. The Morgan fingerprint density at radius 3 is 1.71 bits per heavy atom. The number of benzene rings is 3. The van der Waals surface area contributed by atoms with Gasteiger partial charge in [-0.2, -0.15) is 0 Å². The second-order valence-corrected chi connectivity index (χ2v) is 6.44. The van der Waals surface area contributed by atoms with Gasteiger partial charge in [-0.15, -0.1) is 0 Å². The van der Waals surface area contributed by atoms with Gasteiger partial charge in [-0.05, 0) is 28.3 Å². The Morgan fingerprint density at radius 1 is 0.679 bits per heavy atom. The molecule has 3 aromatic rings. The van der Waals surface area contributed by atoms with Gasteiger partial charge in [-0.3, -0.25) is 9.59 Å². The lowest BCUT2D eigenvalue weighted by Gasteiger charge is -2.20. The van der Waals surface area contributed by atoms with E-state index in [9.17, 15) is 9.59 Å². The van der Waals surface area contributed by atoms with Crippen molar-refractivity contribution in [1.82, 2.24) is 0 Å². The maximum Gasteiger partial charge on any atom is 0.268 e. The average molecular weight is 366 g/mol. The first-order chi connectivity index (χ1) is 13.7. The molecule has 3 nitrogen and oxygen atoms in total. The maximum atomic E-state index is 12.6. The van der Waals surface area contributed by atoms with Crippen LogP contribution in [0.5, 0.6) is 0 Å². The van der Waals surface area contributed by atoms with E-state index in [-0.39, 0.29) is 5.76 Å². The highest BCUT2D eigenvalue weighted by molar-refractivity contribution is 6.52. The summed E-state index contributed by atoms with van der Waals surface area (Å²) in [6.45, 7) is 0. The number of carbonyl (C=O) groups excluding carboxylic acids is 2. The zero-order valence-corrected chi connectivity index (χ0v) is 15.4. The number of Topliss-reactive ketones (excluding diaryl/α,β-unsaturated/α-hetero) is 2. The van der Waals surface area contributed by atoms with Crippen molar-refractivity contribution in [1.29, 1.82) is 0 Å². The lowest BCUT2D eigenvalue weighted by atomic mass is 9.85. The lowest BCUT2D eigenvalue weighted by Crippen LogP contribution is -2.24. The fourth-order valence-corrected chi connectivity index (χ4v) is 3.45. The van der Waals surface area contributed by atoms with Gasteiger partial charge >= 0.3 is 0 Å². The summed E-state index contributed by atoms with van der Waals surface area (Å²) >= 11 is 0.